The normalized spacial score (nSPS) is 10.9. The van der Waals surface area contributed by atoms with Crippen LogP contribution >= 0.6 is 0 Å². The number of aromatic nitrogens is 2. The molecule has 0 amide bonds. The summed E-state index contributed by atoms with van der Waals surface area (Å²) < 4.78 is 4.59. The molecule has 2 aromatic rings. The Morgan fingerprint density at radius 3 is 2.93 bits per heavy atom. The van der Waals surface area contributed by atoms with Gasteiger partial charge in [0.15, 0.2) is 5.82 Å². The van der Waals surface area contributed by atoms with E-state index in [-0.39, 0.29) is 0 Å². The molecular formula is C10H9N3O. The fraction of sp³-hybridized carbons (Fsp3) is 0. The highest BCUT2D eigenvalue weighted by molar-refractivity contribution is 5.68. The molecule has 2 N–H and O–H groups in total. The molecule has 4 nitrogen and oxygen atoms in total. The van der Waals surface area contributed by atoms with Crippen molar-refractivity contribution in [3.05, 3.63) is 42.0 Å². The summed E-state index contributed by atoms with van der Waals surface area (Å²) in [6.07, 6.45) is 4.93. The first-order valence-electron chi connectivity index (χ1n) is 4.14. The lowest BCUT2D eigenvalue weighted by molar-refractivity contribution is 0.415. The third-order valence-electron chi connectivity index (χ3n) is 1.71. The van der Waals surface area contributed by atoms with Crippen LogP contribution < -0.4 is 5.73 Å². The first kappa shape index (κ1) is 8.50. The van der Waals surface area contributed by atoms with Gasteiger partial charge in [0.05, 0.1) is 0 Å². The summed E-state index contributed by atoms with van der Waals surface area (Å²) in [6, 6.07) is 7.56. The summed E-state index contributed by atoms with van der Waals surface area (Å²) in [7, 11) is 0. The van der Waals surface area contributed by atoms with Crippen LogP contribution in [0.1, 0.15) is 11.4 Å². The summed E-state index contributed by atoms with van der Waals surface area (Å²) in [6.45, 7) is 0. The Balaban J connectivity index is 2.18. The predicted octanol–water partition coefficient (Wildman–Crippen LogP) is 1.82. The Kier molecular flexibility index (Phi) is 2.27. The fourth-order valence-corrected chi connectivity index (χ4v) is 1.09. The quantitative estimate of drug-likeness (QED) is 0.728. The van der Waals surface area contributed by atoms with E-state index < -0.39 is 0 Å². The Morgan fingerprint density at radius 1 is 1.29 bits per heavy atom. The van der Waals surface area contributed by atoms with Gasteiger partial charge in [-0.1, -0.05) is 23.4 Å². The molecular weight excluding hydrogens is 178 g/mol. The topological polar surface area (TPSA) is 64.9 Å². The summed E-state index contributed by atoms with van der Waals surface area (Å²) in [5, 5.41) is 3.65. The average Bonchev–Trinajstić information content (AvgIpc) is 2.67. The van der Waals surface area contributed by atoms with Gasteiger partial charge in [0, 0.05) is 5.69 Å². The highest BCUT2D eigenvalue weighted by Gasteiger charge is 1.91. The molecule has 0 saturated heterocycles. The molecule has 0 atom stereocenters. The fourth-order valence-electron chi connectivity index (χ4n) is 1.09. The second kappa shape index (κ2) is 3.74. The zero-order chi connectivity index (χ0) is 9.80. The summed E-state index contributed by atoms with van der Waals surface area (Å²) in [5.74, 6) is 0.549. The van der Waals surface area contributed by atoms with Gasteiger partial charge in [0.1, 0.15) is 0 Å². The minimum Gasteiger partial charge on any atom is -0.399 e. The van der Waals surface area contributed by atoms with Crippen molar-refractivity contribution in [1.29, 1.82) is 0 Å². The van der Waals surface area contributed by atoms with E-state index >= 15 is 0 Å². The maximum Gasteiger partial charge on any atom is 0.214 e. The number of nitrogens with two attached hydrogens (primary N) is 1. The standard InChI is InChI=1S/C10H9N3O/c11-9-3-1-2-8(6-9)4-5-10-12-7-14-13-10/h1-7H,11H2/b5-4+. The highest BCUT2D eigenvalue weighted by Crippen LogP contribution is 2.09. The molecule has 14 heavy (non-hydrogen) atoms. The minimum atomic E-state index is 0.549. The van der Waals surface area contributed by atoms with Gasteiger partial charge in [-0.2, -0.15) is 4.98 Å². The molecule has 1 heterocycles. The number of nitrogen functional groups attached to an aromatic ring is 1. The van der Waals surface area contributed by atoms with Gasteiger partial charge in [-0.15, -0.1) is 0 Å². The van der Waals surface area contributed by atoms with E-state index in [1.165, 1.54) is 6.39 Å². The molecule has 1 aromatic carbocycles. The van der Waals surface area contributed by atoms with Crippen molar-refractivity contribution < 1.29 is 4.52 Å². The maximum atomic E-state index is 5.62. The van der Waals surface area contributed by atoms with Crippen LogP contribution in [0.2, 0.25) is 0 Å². The monoisotopic (exact) mass is 187 g/mol. The molecule has 4 heteroatoms. The van der Waals surface area contributed by atoms with E-state index in [0.29, 0.717) is 5.82 Å². The second-order valence-electron chi connectivity index (χ2n) is 2.79. The maximum absolute atomic E-state index is 5.62. The van der Waals surface area contributed by atoms with Gasteiger partial charge >= 0.3 is 0 Å². The molecule has 0 radical (unpaired) electrons. The van der Waals surface area contributed by atoms with Gasteiger partial charge in [0.25, 0.3) is 0 Å². The van der Waals surface area contributed by atoms with Gasteiger partial charge in [0.2, 0.25) is 6.39 Å². The molecule has 0 saturated carbocycles. The smallest absolute Gasteiger partial charge is 0.214 e. The Labute approximate surface area is 81.1 Å². The first-order valence-corrected chi connectivity index (χ1v) is 4.14. The molecule has 0 aliphatic rings. The van der Waals surface area contributed by atoms with E-state index in [0.717, 1.165) is 11.3 Å². The van der Waals surface area contributed by atoms with Gasteiger partial charge in [-0.05, 0) is 23.8 Å². The number of nitrogens with zero attached hydrogens (tertiary/aromatic N) is 2. The molecule has 0 unspecified atom stereocenters. The zero-order valence-corrected chi connectivity index (χ0v) is 7.42. The third-order valence-corrected chi connectivity index (χ3v) is 1.71. The van der Waals surface area contributed by atoms with Crippen molar-refractivity contribution in [2.45, 2.75) is 0 Å². The molecule has 0 fully saturated rings. The number of anilines is 1. The Morgan fingerprint density at radius 2 is 2.21 bits per heavy atom. The largest absolute Gasteiger partial charge is 0.399 e. The van der Waals surface area contributed by atoms with Crippen LogP contribution in [0.5, 0.6) is 0 Å². The number of benzene rings is 1. The lowest BCUT2D eigenvalue weighted by atomic mass is 10.2. The molecule has 1 aromatic heterocycles. The van der Waals surface area contributed by atoms with Crippen LogP contribution in [0.25, 0.3) is 12.2 Å². The van der Waals surface area contributed by atoms with Crippen molar-refractivity contribution in [2.24, 2.45) is 0 Å². The van der Waals surface area contributed by atoms with Crippen LogP contribution in [-0.2, 0) is 0 Å². The van der Waals surface area contributed by atoms with Crippen molar-refractivity contribution >= 4 is 17.8 Å². The van der Waals surface area contributed by atoms with E-state index in [2.05, 4.69) is 14.7 Å². The van der Waals surface area contributed by atoms with Crippen LogP contribution in [0.4, 0.5) is 5.69 Å². The number of hydrogen-bond acceptors (Lipinski definition) is 4. The lowest BCUT2D eigenvalue weighted by Crippen LogP contribution is -1.83. The first-order chi connectivity index (χ1) is 6.84. The second-order valence-corrected chi connectivity index (χ2v) is 2.79. The van der Waals surface area contributed by atoms with Crippen molar-refractivity contribution in [1.82, 2.24) is 10.1 Å². The van der Waals surface area contributed by atoms with Crippen LogP contribution in [0, 0.1) is 0 Å². The van der Waals surface area contributed by atoms with E-state index in [1.54, 1.807) is 6.08 Å². The summed E-state index contributed by atoms with van der Waals surface area (Å²) in [4.78, 5) is 3.86. The Hall–Kier alpha value is -2.10. The van der Waals surface area contributed by atoms with Gasteiger partial charge < -0.3 is 10.3 Å². The van der Waals surface area contributed by atoms with Crippen LogP contribution in [0.15, 0.2) is 35.2 Å². The summed E-state index contributed by atoms with van der Waals surface area (Å²) in [5.41, 5.74) is 7.37. The van der Waals surface area contributed by atoms with Crippen LogP contribution in [0.3, 0.4) is 0 Å². The van der Waals surface area contributed by atoms with Crippen molar-refractivity contribution in [3.8, 4) is 0 Å². The molecule has 2 rings (SSSR count). The molecule has 0 bridgehead atoms. The highest BCUT2D eigenvalue weighted by atomic mass is 16.5. The predicted molar refractivity (Wildman–Crippen MR) is 54.1 cm³/mol. The van der Waals surface area contributed by atoms with E-state index in [4.69, 9.17) is 5.73 Å². The molecule has 0 aliphatic heterocycles. The number of rotatable bonds is 2. The lowest BCUT2D eigenvalue weighted by Gasteiger charge is -1.93. The Bertz CT molecular complexity index is 434. The third kappa shape index (κ3) is 1.98. The van der Waals surface area contributed by atoms with E-state index in [9.17, 15) is 0 Å². The van der Waals surface area contributed by atoms with Crippen molar-refractivity contribution in [2.75, 3.05) is 5.73 Å². The van der Waals surface area contributed by atoms with E-state index in [1.807, 2.05) is 30.3 Å². The van der Waals surface area contributed by atoms with Crippen molar-refractivity contribution in [3.63, 3.8) is 0 Å². The molecule has 70 valence electrons. The molecule has 0 aliphatic carbocycles. The van der Waals surface area contributed by atoms with Gasteiger partial charge in [-0.3, -0.25) is 0 Å². The molecule has 0 spiro atoms. The van der Waals surface area contributed by atoms with Gasteiger partial charge in [-0.25, -0.2) is 0 Å². The SMILES string of the molecule is Nc1cccc(/C=C/c2ncon2)c1. The zero-order valence-electron chi connectivity index (χ0n) is 7.42. The van der Waals surface area contributed by atoms with Crippen LogP contribution in [-0.4, -0.2) is 10.1 Å². The number of hydrogen-bond donors (Lipinski definition) is 1. The average molecular weight is 187 g/mol. The minimum absolute atomic E-state index is 0.549. The summed E-state index contributed by atoms with van der Waals surface area (Å²) >= 11 is 0.